The maximum Gasteiger partial charge on any atom is 0.247 e. The molecule has 2 amide bonds. The van der Waals surface area contributed by atoms with Gasteiger partial charge in [0.1, 0.15) is 18.4 Å². The second-order valence-corrected chi connectivity index (χ2v) is 6.45. The quantitative estimate of drug-likeness (QED) is 0.876. The van der Waals surface area contributed by atoms with Gasteiger partial charge in [-0.15, -0.1) is 11.8 Å². The van der Waals surface area contributed by atoms with Gasteiger partial charge in [0.2, 0.25) is 11.8 Å². The van der Waals surface area contributed by atoms with Crippen LogP contribution in [0.5, 0.6) is 5.75 Å². The zero-order chi connectivity index (χ0) is 16.8. The van der Waals surface area contributed by atoms with Crippen LogP contribution in [0.3, 0.4) is 0 Å². The Morgan fingerprint density at radius 3 is 2.62 bits per heavy atom. The normalized spacial score (nSPS) is 17.0. The number of anilines is 1. The number of carbonyl (C=O) groups is 2. The first-order valence-electron chi connectivity index (χ1n) is 7.65. The zero-order valence-electron chi connectivity index (χ0n) is 13.0. The van der Waals surface area contributed by atoms with E-state index in [0.29, 0.717) is 23.8 Å². The van der Waals surface area contributed by atoms with Gasteiger partial charge in [-0.2, -0.15) is 0 Å². The van der Waals surface area contributed by atoms with Gasteiger partial charge in [-0.05, 0) is 29.8 Å². The van der Waals surface area contributed by atoms with E-state index in [1.807, 2.05) is 42.5 Å². The molecule has 0 radical (unpaired) electrons. The van der Waals surface area contributed by atoms with Crippen molar-refractivity contribution in [1.82, 2.24) is 5.32 Å². The van der Waals surface area contributed by atoms with Crippen molar-refractivity contribution < 1.29 is 14.3 Å². The minimum absolute atomic E-state index is 0.101. The van der Waals surface area contributed by atoms with E-state index in [4.69, 9.17) is 4.74 Å². The summed E-state index contributed by atoms with van der Waals surface area (Å²) in [5.74, 6) is 1.44. The number of nitrogens with one attached hydrogen (secondary N) is 2. The Hall–Kier alpha value is -2.47. The molecule has 5 nitrogen and oxygen atoms in total. The van der Waals surface area contributed by atoms with Crippen LogP contribution in [0, 0.1) is 0 Å². The van der Waals surface area contributed by atoms with Crippen LogP contribution >= 0.6 is 11.8 Å². The Kier molecular flexibility index (Phi) is 5.38. The predicted octanol–water partition coefficient (Wildman–Crippen LogP) is 2.44. The number of benzene rings is 2. The molecular weight excluding hydrogens is 324 g/mol. The molecular formula is C18H18N2O3S. The van der Waals surface area contributed by atoms with Crippen molar-refractivity contribution in [2.24, 2.45) is 0 Å². The number of hydrogen-bond donors (Lipinski definition) is 2. The standard InChI is InChI=1S/C18H18N2O3S/c21-17-12-24-11-16(20-17)18(22)19-14-6-8-15(9-7-14)23-10-13-4-2-1-3-5-13/h1-9,16H,10-12H2,(H,19,22)(H,20,21). The lowest BCUT2D eigenvalue weighted by Gasteiger charge is -2.22. The molecule has 0 saturated carbocycles. The highest BCUT2D eigenvalue weighted by Gasteiger charge is 2.24. The summed E-state index contributed by atoms with van der Waals surface area (Å²) in [7, 11) is 0. The van der Waals surface area contributed by atoms with Gasteiger partial charge >= 0.3 is 0 Å². The van der Waals surface area contributed by atoms with Crippen molar-refractivity contribution in [3.8, 4) is 5.75 Å². The van der Waals surface area contributed by atoms with Crippen molar-refractivity contribution in [2.75, 3.05) is 16.8 Å². The Labute approximate surface area is 144 Å². The van der Waals surface area contributed by atoms with Gasteiger partial charge in [0.25, 0.3) is 0 Å². The molecule has 24 heavy (non-hydrogen) atoms. The number of hydrogen-bond acceptors (Lipinski definition) is 4. The van der Waals surface area contributed by atoms with E-state index in [1.54, 1.807) is 12.1 Å². The topological polar surface area (TPSA) is 67.4 Å². The summed E-state index contributed by atoms with van der Waals surface area (Å²) < 4.78 is 5.71. The number of amides is 2. The van der Waals surface area contributed by atoms with E-state index in [9.17, 15) is 9.59 Å². The molecule has 0 aromatic heterocycles. The van der Waals surface area contributed by atoms with E-state index < -0.39 is 6.04 Å². The highest BCUT2D eigenvalue weighted by Crippen LogP contribution is 2.18. The summed E-state index contributed by atoms with van der Waals surface area (Å²) in [4.78, 5) is 23.5. The molecule has 0 bridgehead atoms. The van der Waals surface area contributed by atoms with Crippen LogP contribution in [0.4, 0.5) is 5.69 Å². The van der Waals surface area contributed by atoms with Gasteiger partial charge in [-0.3, -0.25) is 9.59 Å². The third-order valence-corrected chi connectivity index (χ3v) is 4.57. The maximum absolute atomic E-state index is 12.1. The van der Waals surface area contributed by atoms with Crippen LogP contribution in [-0.4, -0.2) is 29.4 Å². The molecule has 0 spiro atoms. The Morgan fingerprint density at radius 2 is 1.92 bits per heavy atom. The smallest absolute Gasteiger partial charge is 0.247 e. The van der Waals surface area contributed by atoms with Crippen molar-refractivity contribution in [3.05, 3.63) is 60.2 Å². The fourth-order valence-electron chi connectivity index (χ4n) is 2.29. The fourth-order valence-corrected chi connectivity index (χ4v) is 3.15. The van der Waals surface area contributed by atoms with Crippen molar-refractivity contribution in [2.45, 2.75) is 12.6 Å². The summed E-state index contributed by atoms with van der Waals surface area (Å²) in [6.45, 7) is 0.498. The van der Waals surface area contributed by atoms with Gasteiger partial charge in [0.05, 0.1) is 5.75 Å². The molecule has 0 aliphatic carbocycles. The molecule has 1 unspecified atom stereocenters. The second kappa shape index (κ2) is 7.88. The van der Waals surface area contributed by atoms with E-state index in [1.165, 1.54) is 11.8 Å². The Morgan fingerprint density at radius 1 is 1.17 bits per heavy atom. The number of rotatable bonds is 5. The fraction of sp³-hybridized carbons (Fsp3) is 0.222. The van der Waals surface area contributed by atoms with Gasteiger partial charge in [-0.1, -0.05) is 30.3 Å². The second-order valence-electron chi connectivity index (χ2n) is 5.42. The summed E-state index contributed by atoms with van der Waals surface area (Å²) in [5, 5.41) is 5.50. The van der Waals surface area contributed by atoms with E-state index >= 15 is 0 Å². The molecule has 1 fully saturated rings. The van der Waals surface area contributed by atoms with E-state index in [0.717, 1.165) is 11.3 Å². The van der Waals surface area contributed by atoms with Gasteiger partial charge < -0.3 is 15.4 Å². The predicted molar refractivity (Wildman–Crippen MR) is 95.1 cm³/mol. The molecule has 1 aliphatic rings. The number of thioether (sulfide) groups is 1. The molecule has 2 aromatic rings. The first-order valence-corrected chi connectivity index (χ1v) is 8.81. The minimum Gasteiger partial charge on any atom is -0.489 e. The van der Waals surface area contributed by atoms with Crippen LogP contribution in [0.1, 0.15) is 5.56 Å². The molecule has 1 aliphatic heterocycles. The van der Waals surface area contributed by atoms with Crippen molar-refractivity contribution in [1.29, 1.82) is 0 Å². The lowest BCUT2D eigenvalue weighted by atomic mass is 10.2. The molecule has 2 aromatic carbocycles. The van der Waals surface area contributed by atoms with E-state index in [-0.39, 0.29) is 11.8 Å². The molecule has 1 heterocycles. The van der Waals surface area contributed by atoms with Crippen molar-refractivity contribution in [3.63, 3.8) is 0 Å². The van der Waals surface area contributed by atoms with Gasteiger partial charge in [0, 0.05) is 11.4 Å². The lowest BCUT2D eigenvalue weighted by molar-refractivity contribution is -0.124. The van der Waals surface area contributed by atoms with Crippen molar-refractivity contribution >= 4 is 29.3 Å². The SMILES string of the molecule is O=C1CSCC(C(=O)Nc2ccc(OCc3ccccc3)cc2)N1. The van der Waals surface area contributed by atoms with Gasteiger partial charge in [-0.25, -0.2) is 0 Å². The average molecular weight is 342 g/mol. The molecule has 3 rings (SSSR count). The molecule has 1 atom stereocenters. The van der Waals surface area contributed by atoms with Gasteiger partial charge in [0.15, 0.2) is 0 Å². The Balaban J connectivity index is 1.52. The molecule has 2 N–H and O–H groups in total. The van der Waals surface area contributed by atoms with Crippen LogP contribution in [0.2, 0.25) is 0 Å². The first-order chi connectivity index (χ1) is 11.7. The number of ether oxygens (including phenoxy) is 1. The molecule has 124 valence electrons. The number of carbonyl (C=O) groups excluding carboxylic acids is 2. The monoisotopic (exact) mass is 342 g/mol. The summed E-state index contributed by atoms with van der Waals surface area (Å²) in [6, 6.07) is 16.6. The minimum atomic E-state index is -0.481. The zero-order valence-corrected chi connectivity index (χ0v) is 13.8. The maximum atomic E-state index is 12.1. The summed E-state index contributed by atoms with van der Waals surface area (Å²) in [6.07, 6.45) is 0. The van der Waals surface area contributed by atoms with Crippen LogP contribution in [0.15, 0.2) is 54.6 Å². The largest absolute Gasteiger partial charge is 0.489 e. The third kappa shape index (κ3) is 4.52. The first kappa shape index (κ1) is 16.4. The third-order valence-electron chi connectivity index (χ3n) is 3.54. The highest BCUT2D eigenvalue weighted by molar-refractivity contribution is 8.00. The highest BCUT2D eigenvalue weighted by atomic mass is 32.2. The molecule has 1 saturated heterocycles. The van der Waals surface area contributed by atoms with Crippen LogP contribution in [0.25, 0.3) is 0 Å². The lowest BCUT2D eigenvalue weighted by Crippen LogP contribution is -2.49. The van der Waals surface area contributed by atoms with Crippen LogP contribution < -0.4 is 15.4 Å². The summed E-state index contributed by atoms with van der Waals surface area (Å²) >= 11 is 1.46. The molecule has 6 heteroatoms. The average Bonchev–Trinajstić information content (AvgIpc) is 2.62. The Bertz CT molecular complexity index is 704. The van der Waals surface area contributed by atoms with E-state index in [2.05, 4.69) is 10.6 Å². The summed E-state index contributed by atoms with van der Waals surface area (Å²) in [5.41, 5.74) is 1.78. The van der Waals surface area contributed by atoms with Crippen LogP contribution in [-0.2, 0) is 16.2 Å².